The average molecular weight is 539 g/mol. The highest BCUT2D eigenvalue weighted by Crippen LogP contribution is 2.43. The van der Waals surface area contributed by atoms with Crippen LogP contribution in [0.5, 0.6) is 5.75 Å². The SMILES string of the molecule is CCc1ccc(N2C(=O)C(O)=C(C(=O)c3sc(-c4ccccc4)nc3C)C2c2ccc(OC(C)=O)cc2)cc1. The number of carbonyl (C=O) groups excluding carboxylic acids is 3. The number of hydrogen-bond acceptors (Lipinski definition) is 7. The van der Waals surface area contributed by atoms with Gasteiger partial charge in [0.15, 0.2) is 5.76 Å². The predicted molar refractivity (Wildman–Crippen MR) is 150 cm³/mol. The Kier molecular flexibility index (Phi) is 7.13. The molecule has 196 valence electrons. The van der Waals surface area contributed by atoms with Gasteiger partial charge in [-0.2, -0.15) is 0 Å². The number of aliphatic hydroxyl groups excluding tert-OH is 1. The van der Waals surface area contributed by atoms with E-state index in [9.17, 15) is 19.5 Å². The number of aliphatic hydroxyl groups is 1. The van der Waals surface area contributed by atoms with Crippen molar-refractivity contribution in [1.29, 1.82) is 0 Å². The Morgan fingerprint density at radius 1 is 1.00 bits per heavy atom. The number of ketones is 1. The minimum Gasteiger partial charge on any atom is -0.503 e. The zero-order valence-corrected chi connectivity index (χ0v) is 22.5. The molecular weight excluding hydrogens is 512 g/mol. The van der Waals surface area contributed by atoms with E-state index in [0.717, 1.165) is 17.5 Å². The van der Waals surface area contributed by atoms with Gasteiger partial charge in [-0.15, -0.1) is 11.3 Å². The van der Waals surface area contributed by atoms with Crippen LogP contribution in [0.1, 0.15) is 46.4 Å². The Hall–Kier alpha value is -4.56. The van der Waals surface area contributed by atoms with Crippen molar-refractivity contribution in [1.82, 2.24) is 4.98 Å². The van der Waals surface area contributed by atoms with Gasteiger partial charge in [0.25, 0.3) is 5.91 Å². The van der Waals surface area contributed by atoms with E-state index in [1.54, 1.807) is 31.2 Å². The summed E-state index contributed by atoms with van der Waals surface area (Å²) in [7, 11) is 0. The first kappa shape index (κ1) is 26.1. The summed E-state index contributed by atoms with van der Waals surface area (Å²) in [5.74, 6) is -1.84. The molecule has 0 bridgehead atoms. The van der Waals surface area contributed by atoms with Crippen LogP contribution in [0.3, 0.4) is 0 Å². The van der Waals surface area contributed by atoms with Crippen molar-refractivity contribution < 1.29 is 24.2 Å². The van der Waals surface area contributed by atoms with Crippen LogP contribution in [-0.2, 0) is 16.0 Å². The van der Waals surface area contributed by atoms with E-state index in [-0.39, 0.29) is 5.57 Å². The van der Waals surface area contributed by atoms with Gasteiger partial charge in [-0.3, -0.25) is 19.3 Å². The molecule has 0 radical (unpaired) electrons. The van der Waals surface area contributed by atoms with E-state index in [1.807, 2.05) is 61.5 Å². The number of Topliss-reactive ketones (excluding diaryl/α,β-unsaturated/α-hetero) is 1. The number of esters is 1. The summed E-state index contributed by atoms with van der Waals surface area (Å²) < 4.78 is 5.16. The Bertz CT molecular complexity index is 1590. The molecule has 3 aromatic carbocycles. The Balaban J connectivity index is 1.60. The number of hydrogen-bond donors (Lipinski definition) is 1. The Morgan fingerprint density at radius 2 is 1.67 bits per heavy atom. The summed E-state index contributed by atoms with van der Waals surface area (Å²) in [4.78, 5) is 45.3. The first-order valence-corrected chi connectivity index (χ1v) is 13.3. The number of carbonyl (C=O) groups is 3. The van der Waals surface area contributed by atoms with Gasteiger partial charge in [-0.1, -0.05) is 61.5 Å². The van der Waals surface area contributed by atoms with Crippen LogP contribution < -0.4 is 9.64 Å². The van der Waals surface area contributed by atoms with Crippen molar-refractivity contribution in [3.63, 3.8) is 0 Å². The number of ether oxygens (including phenoxy) is 1. The first-order valence-electron chi connectivity index (χ1n) is 12.5. The van der Waals surface area contributed by atoms with Crippen LogP contribution in [0.2, 0.25) is 0 Å². The monoisotopic (exact) mass is 538 g/mol. The summed E-state index contributed by atoms with van der Waals surface area (Å²) in [6.07, 6.45) is 0.830. The molecule has 0 aliphatic carbocycles. The van der Waals surface area contributed by atoms with Gasteiger partial charge in [0, 0.05) is 18.2 Å². The first-order chi connectivity index (χ1) is 18.8. The Labute approximate surface area is 230 Å². The van der Waals surface area contributed by atoms with E-state index in [1.165, 1.54) is 23.2 Å². The van der Waals surface area contributed by atoms with Crippen LogP contribution in [0.15, 0.2) is 90.2 Å². The van der Waals surface area contributed by atoms with Gasteiger partial charge in [0.1, 0.15) is 10.8 Å². The highest BCUT2D eigenvalue weighted by molar-refractivity contribution is 7.17. The van der Waals surface area contributed by atoms with E-state index in [4.69, 9.17) is 4.74 Å². The van der Waals surface area contributed by atoms with Crippen molar-refractivity contribution >= 4 is 34.7 Å². The molecule has 1 atom stereocenters. The lowest BCUT2D eigenvalue weighted by Crippen LogP contribution is -2.31. The normalized spacial score (nSPS) is 15.1. The topological polar surface area (TPSA) is 96.8 Å². The van der Waals surface area contributed by atoms with Crippen molar-refractivity contribution in [2.75, 3.05) is 4.90 Å². The molecule has 2 heterocycles. The molecule has 4 aromatic rings. The molecule has 0 saturated carbocycles. The fourth-order valence-electron chi connectivity index (χ4n) is 4.63. The van der Waals surface area contributed by atoms with E-state index in [0.29, 0.717) is 32.6 Å². The lowest BCUT2D eigenvalue weighted by Gasteiger charge is -2.27. The van der Waals surface area contributed by atoms with E-state index >= 15 is 0 Å². The molecule has 0 saturated heterocycles. The second kappa shape index (κ2) is 10.7. The van der Waals surface area contributed by atoms with E-state index in [2.05, 4.69) is 4.98 Å². The summed E-state index contributed by atoms with van der Waals surface area (Å²) in [6, 6.07) is 22.7. The standard InChI is InChI=1S/C31H26N2O5S/c1-4-20-10-14-23(15-11-20)33-26(21-12-16-24(17-13-21)38-19(3)34)25(28(36)31(33)37)27(35)29-18(2)32-30(39-29)22-8-6-5-7-9-22/h5-17,26,36H,4H2,1-3H3. The quantitative estimate of drug-likeness (QED) is 0.166. The maximum atomic E-state index is 14.0. The fraction of sp³-hybridized carbons (Fsp3) is 0.161. The highest BCUT2D eigenvalue weighted by atomic mass is 32.1. The number of amides is 1. The largest absolute Gasteiger partial charge is 0.503 e. The lowest BCUT2D eigenvalue weighted by atomic mass is 9.94. The maximum absolute atomic E-state index is 14.0. The van der Waals surface area contributed by atoms with Crippen LogP contribution in [0.25, 0.3) is 10.6 Å². The van der Waals surface area contributed by atoms with Gasteiger partial charge in [0.2, 0.25) is 5.78 Å². The van der Waals surface area contributed by atoms with Crippen LogP contribution in [0, 0.1) is 6.92 Å². The van der Waals surface area contributed by atoms with E-state index < -0.39 is 29.5 Å². The van der Waals surface area contributed by atoms with Gasteiger partial charge < -0.3 is 9.84 Å². The zero-order chi connectivity index (χ0) is 27.7. The van der Waals surface area contributed by atoms with Crippen LogP contribution in [-0.4, -0.2) is 27.8 Å². The Morgan fingerprint density at radius 3 is 2.28 bits per heavy atom. The molecule has 0 fully saturated rings. The predicted octanol–water partition coefficient (Wildman–Crippen LogP) is 6.39. The smallest absolute Gasteiger partial charge is 0.308 e. The minimum absolute atomic E-state index is 0.0221. The number of aromatic nitrogens is 1. The molecule has 5 rings (SSSR count). The number of aryl methyl sites for hydroxylation is 2. The van der Waals surface area contributed by atoms with Crippen LogP contribution in [0.4, 0.5) is 5.69 Å². The van der Waals surface area contributed by atoms with Crippen molar-refractivity contribution in [2.24, 2.45) is 0 Å². The summed E-state index contributed by atoms with van der Waals surface area (Å²) in [5.41, 5.74) is 3.59. The maximum Gasteiger partial charge on any atom is 0.308 e. The molecule has 1 aromatic heterocycles. The van der Waals surface area contributed by atoms with Crippen molar-refractivity contribution in [3.8, 4) is 16.3 Å². The summed E-state index contributed by atoms with van der Waals surface area (Å²) in [5, 5.41) is 11.8. The van der Waals surface area contributed by atoms with Gasteiger partial charge >= 0.3 is 5.97 Å². The third-order valence-corrected chi connectivity index (χ3v) is 7.76. The fourth-order valence-corrected chi connectivity index (χ4v) is 5.65. The third kappa shape index (κ3) is 4.98. The third-order valence-electron chi connectivity index (χ3n) is 6.56. The van der Waals surface area contributed by atoms with Gasteiger partial charge in [0.05, 0.1) is 22.2 Å². The number of rotatable bonds is 7. The zero-order valence-electron chi connectivity index (χ0n) is 21.7. The molecule has 0 spiro atoms. The molecule has 1 N–H and O–H groups in total. The van der Waals surface area contributed by atoms with Crippen molar-refractivity contribution in [3.05, 3.63) is 112 Å². The van der Waals surface area contributed by atoms with Crippen LogP contribution >= 0.6 is 11.3 Å². The molecule has 8 heteroatoms. The van der Waals surface area contributed by atoms with Crippen molar-refractivity contribution in [2.45, 2.75) is 33.2 Å². The molecule has 1 aliphatic rings. The lowest BCUT2D eigenvalue weighted by molar-refractivity contribution is -0.131. The number of nitrogens with zero attached hydrogens (tertiary/aromatic N) is 2. The second-order valence-corrected chi connectivity index (χ2v) is 10.2. The molecule has 39 heavy (non-hydrogen) atoms. The molecule has 1 amide bonds. The second-order valence-electron chi connectivity index (χ2n) is 9.15. The molecule has 1 aliphatic heterocycles. The van der Waals surface area contributed by atoms with Gasteiger partial charge in [-0.05, 0) is 48.7 Å². The van der Waals surface area contributed by atoms with Gasteiger partial charge in [-0.25, -0.2) is 4.98 Å². The number of thiazole rings is 1. The number of anilines is 1. The number of benzene rings is 3. The average Bonchev–Trinajstić information content (AvgIpc) is 3.46. The summed E-state index contributed by atoms with van der Waals surface area (Å²) in [6.45, 7) is 5.09. The minimum atomic E-state index is -0.898. The summed E-state index contributed by atoms with van der Waals surface area (Å²) >= 11 is 1.23. The highest BCUT2D eigenvalue weighted by Gasteiger charge is 2.45. The molecule has 7 nitrogen and oxygen atoms in total. The molecular formula is C31H26N2O5S. The molecule has 1 unspecified atom stereocenters.